The highest BCUT2D eigenvalue weighted by atomic mass is 35.5. The number of carbonyl (C=O) groups excluding carboxylic acids is 1. The number of rotatable bonds is 3. The van der Waals surface area contributed by atoms with Crippen LogP contribution < -0.4 is 0 Å². The number of aliphatic hydroxyl groups is 1. The molecule has 0 unspecified atom stereocenters. The van der Waals surface area contributed by atoms with Gasteiger partial charge in [0, 0.05) is 27.6 Å². The van der Waals surface area contributed by atoms with Crippen molar-refractivity contribution in [2.24, 2.45) is 10.2 Å². The zero-order valence-electron chi connectivity index (χ0n) is 16.7. The van der Waals surface area contributed by atoms with Crippen molar-refractivity contribution < 1.29 is 15.0 Å². The van der Waals surface area contributed by atoms with Gasteiger partial charge in [-0.3, -0.25) is 4.79 Å². The molecule has 0 saturated heterocycles. The van der Waals surface area contributed by atoms with Crippen LogP contribution in [0.25, 0.3) is 5.76 Å². The fourth-order valence-electron chi connectivity index (χ4n) is 4.53. The lowest BCUT2D eigenvalue weighted by Gasteiger charge is -2.31. The molecule has 0 spiro atoms. The van der Waals surface area contributed by atoms with E-state index < -0.39 is 12.1 Å². The van der Waals surface area contributed by atoms with Gasteiger partial charge in [-0.15, -0.1) is 0 Å². The number of halogens is 2. The fraction of sp³-hybridized carbons (Fsp3) is 0.160. The van der Waals surface area contributed by atoms with Crippen molar-refractivity contribution >= 4 is 34.7 Å². The topological polar surface area (TPSA) is 82.2 Å². The molecule has 5 rings (SSSR count). The Morgan fingerprint density at radius 1 is 0.875 bits per heavy atom. The number of aromatic hydroxyl groups is 1. The van der Waals surface area contributed by atoms with Gasteiger partial charge in [-0.2, -0.15) is 10.2 Å². The third-order valence-electron chi connectivity index (χ3n) is 6.05. The summed E-state index contributed by atoms with van der Waals surface area (Å²) in [5.41, 5.74) is 2.67. The summed E-state index contributed by atoms with van der Waals surface area (Å²) in [4.78, 5) is 13.1. The smallest absolute Gasteiger partial charge is 0.195 e. The summed E-state index contributed by atoms with van der Waals surface area (Å²) in [5, 5.41) is 30.9. The van der Waals surface area contributed by atoms with Crippen molar-refractivity contribution in [2.45, 2.75) is 24.4 Å². The van der Waals surface area contributed by atoms with E-state index in [1.807, 2.05) is 30.3 Å². The van der Waals surface area contributed by atoms with Crippen LogP contribution in [0.4, 0.5) is 0 Å². The first kappa shape index (κ1) is 20.7. The number of benzene rings is 3. The Balaban J connectivity index is 1.60. The molecule has 1 aliphatic heterocycles. The number of hydrogen-bond acceptors (Lipinski definition) is 5. The number of aliphatic hydroxyl groups excluding tert-OH is 1. The van der Waals surface area contributed by atoms with Crippen LogP contribution in [0.15, 0.2) is 82.5 Å². The van der Waals surface area contributed by atoms with Crippen LogP contribution in [0.5, 0.6) is 5.75 Å². The molecule has 3 aromatic rings. The van der Waals surface area contributed by atoms with Gasteiger partial charge < -0.3 is 10.2 Å². The largest absolute Gasteiger partial charge is 0.507 e. The Bertz CT molecular complexity index is 1290. The summed E-state index contributed by atoms with van der Waals surface area (Å²) < 4.78 is 0. The number of hydrogen-bond donors (Lipinski definition) is 2. The summed E-state index contributed by atoms with van der Waals surface area (Å²) in [6.07, 6.45) is 0.418. The number of Topliss-reactive ketones (excluding diaryl/α,β-unsaturated/α-hetero) is 1. The molecule has 160 valence electrons. The quantitative estimate of drug-likeness (QED) is 0.441. The minimum atomic E-state index is -0.617. The molecule has 0 saturated carbocycles. The molecule has 0 aromatic heterocycles. The predicted octanol–water partition coefficient (Wildman–Crippen LogP) is 6.91. The number of ketones is 1. The molecule has 0 bridgehead atoms. The standard InChI is InChI=1S/C25H18Cl2N2O3/c26-14-10-18(23(30)19(27)11-14)22-17(13-6-2-1-3-7-13)12-20(28-29-22)21-24(31)15-8-4-5-9-16(15)25(21)32/h1-11,17,20,22,30-31H,12H2/t17-,20+,22-/m0/s1. The Labute approximate surface area is 194 Å². The van der Waals surface area contributed by atoms with Crippen molar-refractivity contribution in [3.05, 3.63) is 105 Å². The Hall–Kier alpha value is -3.15. The molecular formula is C25H18Cl2N2O3. The van der Waals surface area contributed by atoms with E-state index in [1.165, 1.54) is 6.07 Å². The molecule has 1 heterocycles. The number of phenolic OH excluding ortho intramolecular Hbond substituents is 1. The van der Waals surface area contributed by atoms with E-state index in [4.69, 9.17) is 23.2 Å². The van der Waals surface area contributed by atoms with Gasteiger partial charge >= 0.3 is 0 Å². The van der Waals surface area contributed by atoms with E-state index >= 15 is 0 Å². The highest BCUT2D eigenvalue weighted by Crippen LogP contribution is 2.49. The van der Waals surface area contributed by atoms with E-state index in [0.717, 1.165) is 5.56 Å². The predicted molar refractivity (Wildman–Crippen MR) is 124 cm³/mol. The molecular weight excluding hydrogens is 447 g/mol. The zero-order valence-corrected chi connectivity index (χ0v) is 18.3. The SMILES string of the molecule is O=C1C([C@H]2C[C@@H](c3ccccc3)[C@@H](c3cc(Cl)cc(Cl)c3O)N=N2)=C(O)c2ccccc21. The average molecular weight is 465 g/mol. The average Bonchev–Trinajstić information content (AvgIpc) is 3.07. The van der Waals surface area contributed by atoms with Crippen LogP contribution in [0, 0.1) is 0 Å². The molecule has 2 aliphatic rings. The van der Waals surface area contributed by atoms with E-state index in [-0.39, 0.29) is 33.8 Å². The second-order valence-corrected chi connectivity index (χ2v) is 8.75. The van der Waals surface area contributed by atoms with Crippen molar-refractivity contribution in [2.75, 3.05) is 0 Å². The van der Waals surface area contributed by atoms with Gasteiger partial charge in [0.1, 0.15) is 23.6 Å². The highest BCUT2D eigenvalue weighted by molar-refractivity contribution is 6.35. The van der Waals surface area contributed by atoms with Gasteiger partial charge in [0.15, 0.2) is 5.78 Å². The van der Waals surface area contributed by atoms with Crippen LogP contribution in [-0.4, -0.2) is 22.0 Å². The lowest BCUT2D eigenvalue weighted by atomic mass is 9.80. The molecule has 5 nitrogen and oxygen atoms in total. The molecule has 1 aliphatic carbocycles. The molecule has 3 atom stereocenters. The van der Waals surface area contributed by atoms with E-state index in [0.29, 0.717) is 28.1 Å². The van der Waals surface area contributed by atoms with Crippen molar-refractivity contribution in [3.63, 3.8) is 0 Å². The van der Waals surface area contributed by atoms with Crippen molar-refractivity contribution in [1.29, 1.82) is 0 Å². The Morgan fingerprint density at radius 2 is 1.56 bits per heavy atom. The number of azo groups is 1. The Morgan fingerprint density at radius 3 is 2.28 bits per heavy atom. The number of carbonyl (C=O) groups is 1. The minimum absolute atomic E-state index is 0.0477. The molecule has 0 radical (unpaired) electrons. The summed E-state index contributed by atoms with van der Waals surface area (Å²) >= 11 is 12.4. The summed E-state index contributed by atoms with van der Waals surface area (Å²) in [7, 11) is 0. The van der Waals surface area contributed by atoms with Gasteiger partial charge in [0.05, 0.1) is 10.6 Å². The third-order valence-corrected chi connectivity index (χ3v) is 6.56. The first-order valence-corrected chi connectivity index (χ1v) is 10.9. The van der Waals surface area contributed by atoms with Gasteiger partial charge in [0.2, 0.25) is 0 Å². The zero-order chi connectivity index (χ0) is 22.4. The number of phenols is 1. The minimum Gasteiger partial charge on any atom is -0.507 e. The first-order chi connectivity index (χ1) is 15.5. The third kappa shape index (κ3) is 3.38. The highest BCUT2D eigenvalue weighted by Gasteiger charge is 2.40. The summed E-state index contributed by atoms with van der Waals surface area (Å²) in [6, 6.07) is 18.6. The van der Waals surface area contributed by atoms with Crippen LogP contribution in [0.1, 0.15) is 45.4 Å². The monoisotopic (exact) mass is 464 g/mol. The molecule has 3 aromatic carbocycles. The molecule has 7 heteroatoms. The van der Waals surface area contributed by atoms with E-state index in [9.17, 15) is 15.0 Å². The second kappa shape index (κ2) is 8.08. The van der Waals surface area contributed by atoms with Crippen LogP contribution in [-0.2, 0) is 0 Å². The molecule has 0 amide bonds. The van der Waals surface area contributed by atoms with Crippen LogP contribution in [0.3, 0.4) is 0 Å². The van der Waals surface area contributed by atoms with Gasteiger partial charge in [0.25, 0.3) is 0 Å². The number of fused-ring (bicyclic) bond motifs is 1. The summed E-state index contributed by atoms with van der Waals surface area (Å²) in [5.74, 6) is -0.601. The van der Waals surface area contributed by atoms with Crippen LogP contribution >= 0.6 is 23.2 Å². The lowest BCUT2D eigenvalue weighted by molar-refractivity contribution is 0.102. The van der Waals surface area contributed by atoms with Crippen molar-refractivity contribution in [3.8, 4) is 5.75 Å². The first-order valence-electron chi connectivity index (χ1n) is 10.2. The van der Waals surface area contributed by atoms with Crippen LogP contribution in [0.2, 0.25) is 10.0 Å². The molecule has 0 fully saturated rings. The maximum atomic E-state index is 13.1. The molecule has 32 heavy (non-hydrogen) atoms. The lowest BCUT2D eigenvalue weighted by Crippen LogP contribution is -2.25. The van der Waals surface area contributed by atoms with E-state index in [2.05, 4.69) is 10.2 Å². The second-order valence-electron chi connectivity index (χ2n) is 7.91. The maximum absolute atomic E-state index is 13.1. The maximum Gasteiger partial charge on any atom is 0.195 e. The van der Waals surface area contributed by atoms with Gasteiger partial charge in [-0.05, 0) is 24.1 Å². The molecule has 2 N–H and O–H groups in total. The van der Waals surface area contributed by atoms with Gasteiger partial charge in [-0.1, -0.05) is 77.8 Å². The number of nitrogens with zero attached hydrogens (tertiary/aromatic N) is 2. The van der Waals surface area contributed by atoms with Gasteiger partial charge in [-0.25, -0.2) is 0 Å². The fourth-order valence-corrected chi connectivity index (χ4v) is 5.04. The normalized spacial score (nSPS) is 22.3. The Kier molecular flexibility index (Phi) is 5.24. The van der Waals surface area contributed by atoms with E-state index in [1.54, 1.807) is 30.3 Å². The summed E-state index contributed by atoms with van der Waals surface area (Å²) in [6.45, 7) is 0. The van der Waals surface area contributed by atoms with Crippen molar-refractivity contribution in [1.82, 2.24) is 0 Å².